The zero-order chi connectivity index (χ0) is 21.0. The van der Waals surface area contributed by atoms with E-state index >= 15 is 0 Å². The minimum atomic E-state index is -3.32. The highest BCUT2D eigenvalue weighted by atomic mass is 32.2. The van der Waals surface area contributed by atoms with Crippen molar-refractivity contribution >= 4 is 21.6 Å². The summed E-state index contributed by atoms with van der Waals surface area (Å²) in [6.45, 7) is 12.3. The van der Waals surface area contributed by atoms with Gasteiger partial charge in [0.15, 0.2) is 6.10 Å². The third kappa shape index (κ3) is 7.79. The van der Waals surface area contributed by atoms with Crippen molar-refractivity contribution in [3.63, 3.8) is 0 Å². The van der Waals surface area contributed by atoms with E-state index in [1.807, 2.05) is 20.8 Å². The second-order valence-electron chi connectivity index (χ2n) is 8.85. The number of hydrogen-bond acceptors (Lipinski definition) is 4. The summed E-state index contributed by atoms with van der Waals surface area (Å²) in [5.41, 5.74) is 0.295. The van der Waals surface area contributed by atoms with E-state index in [2.05, 4.69) is 26.1 Å². The molecule has 0 spiro atoms. The second kappa shape index (κ2) is 8.50. The van der Waals surface area contributed by atoms with E-state index in [0.29, 0.717) is 17.9 Å². The summed E-state index contributed by atoms with van der Waals surface area (Å²) < 4.78 is 30.2. The molecule has 1 aromatic carbocycles. The van der Waals surface area contributed by atoms with Crippen molar-refractivity contribution in [2.75, 3.05) is 17.6 Å². The van der Waals surface area contributed by atoms with Gasteiger partial charge in [0.1, 0.15) is 5.75 Å². The van der Waals surface area contributed by atoms with Crippen molar-refractivity contribution < 1.29 is 17.9 Å². The zero-order valence-corrected chi connectivity index (χ0v) is 18.6. The Balaban J connectivity index is 2.82. The fraction of sp³-hybridized carbons (Fsp3) is 0.650. The number of anilines is 1. The van der Waals surface area contributed by atoms with Gasteiger partial charge in [0.25, 0.3) is 5.91 Å². The Labute approximate surface area is 164 Å². The van der Waals surface area contributed by atoms with E-state index in [0.717, 1.165) is 12.7 Å². The van der Waals surface area contributed by atoms with Crippen molar-refractivity contribution in [1.82, 2.24) is 5.32 Å². The number of carbonyl (C=O) groups is 1. The number of nitrogens with one attached hydrogen (secondary N) is 1. The summed E-state index contributed by atoms with van der Waals surface area (Å²) in [7, 11) is -1.83. The normalized spacial score (nSPS) is 13.8. The predicted octanol–water partition coefficient (Wildman–Crippen LogP) is 3.57. The molecule has 0 heterocycles. The maximum absolute atomic E-state index is 12.7. The molecular formula is C20H34N2O4S. The van der Waals surface area contributed by atoms with E-state index in [1.165, 1.54) is 11.4 Å². The molecule has 7 heteroatoms. The molecule has 0 bridgehead atoms. The lowest BCUT2D eigenvalue weighted by Crippen LogP contribution is -2.50. The highest BCUT2D eigenvalue weighted by molar-refractivity contribution is 7.92. The third-order valence-electron chi connectivity index (χ3n) is 4.07. The first-order chi connectivity index (χ1) is 12.1. The van der Waals surface area contributed by atoms with Crippen LogP contribution in [0, 0.1) is 5.41 Å². The largest absolute Gasteiger partial charge is 0.481 e. The van der Waals surface area contributed by atoms with Gasteiger partial charge in [-0.05, 0) is 56.4 Å². The molecule has 0 saturated heterocycles. The molecule has 1 N–H and O–H groups in total. The number of benzene rings is 1. The Morgan fingerprint density at radius 2 is 1.67 bits per heavy atom. The maximum atomic E-state index is 12.7. The SMILES string of the molecule is CC[C@@H](Oc1ccc(N(C)S(C)(=O)=O)cc1)C(=O)NC(C)(C)CC(C)(C)C. The molecule has 1 aromatic rings. The van der Waals surface area contributed by atoms with Crippen LogP contribution in [0.25, 0.3) is 0 Å². The summed E-state index contributed by atoms with van der Waals surface area (Å²) in [5.74, 6) is 0.375. The molecule has 0 aromatic heterocycles. The van der Waals surface area contributed by atoms with Gasteiger partial charge in [-0.25, -0.2) is 8.42 Å². The maximum Gasteiger partial charge on any atom is 0.261 e. The Bertz CT molecular complexity index is 734. The molecule has 0 saturated carbocycles. The summed E-state index contributed by atoms with van der Waals surface area (Å²) in [6.07, 6.45) is 1.91. The van der Waals surface area contributed by atoms with Crippen LogP contribution >= 0.6 is 0 Å². The summed E-state index contributed by atoms with van der Waals surface area (Å²) >= 11 is 0. The minimum absolute atomic E-state index is 0.0980. The number of carbonyl (C=O) groups excluding carboxylic acids is 1. The monoisotopic (exact) mass is 398 g/mol. The lowest BCUT2D eigenvalue weighted by molar-refractivity contribution is -0.130. The van der Waals surface area contributed by atoms with Gasteiger partial charge in [0, 0.05) is 12.6 Å². The number of ether oxygens (including phenoxy) is 1. The van der Waals surface area contributed by atoms with Crippen molar-refractivity contribution in [3.8, 4) is 5.75 Å². The standard InChI is InChI=1S/C20H34N2O4S/c1-9-17(18(23)21-20(5,6)14-19(2,3)4)26-16-12-10-15(11-13-16)22(7)27(8,24)25/h10-13,17H,9,14H2,1-8H3,(H,21,23)/t17-/m1/s1. The summed E-state index contributed by atoms with van der Waals surface area (Å²) in [4.78, 5) is 12.7. The summed E-state index contributed by atoms with van der Waals surface area (Å²) in [6, 6.07) is 6.66. The number of amides is 1. The predicted molar refractivity (Wildman–Crippen MR) is 111 cm³/mol. The van der Waals surface area contributed by atoms with Crippen LogP contribution in [0.5, 0.6) is 5.75 Å². The van der Waals surface area contributed by atoms with Crippen LogP contribution in [-0.2, 0) is 14.8 Å². The smallest absolute Gasteiger partial charge is 0.261 e. The van der Waals surface area contributed by atoms with Crippen LogP contribution in [0.1, 0.15) is 54.4 Å². The topological polar surface area (TPSA) is 75.7 Å². The van der Waals surface area contributed by atoms with Crippen LogP contribution in [0.4, 0.5) is 5.69 Å². The van der Waals surface area contributed by atoms with Gasteiger partial charge in [0.05, 0.1) is 11.9 Å². The van der Waals surface area contributed by atoms with Crippen LogP contribution in [0.2, 0.25) is 0 Å². The molecule has 154 valence electrons. The van der Waals surface area contributed by atoms with E-state index in [1.54, 1.807) is 24.3 Å². The number of rotatable bonds is 8. The Kier molecular flexibility index (Phi) is 7.33. The molecule has 0 radical (unpaired) electrons. The molecule has 0 unspecified atom stereocenters. The van der Waals surface area contributed by atoms with Crippen molar-refractivity contribution in [2.24, 2.45) is 5.41 Å². The average Bonchev–Trinajstić information content (AvgIpc) is 2.48. The lowest BCUT2D eigenvalue weighted by Gasteiger charge is -2.34. The van der Waals surface area contributed by atoms with Crippen molar-refractivity contribution in [2.45, 2.75) is 66.0 Å². The Hall–Kier alpha value is -1.76. The number of sulfonamides is 1. The molecule has 0 fully saturated rings. The number of nitrogens with zero attached hydrogens (tertiary/aromatic N) is 1. The van der Waals surface area contributed by atoms with Gasteiger partial charge >= 0.3 is 0 Å². The highest BCUT2D eigenvalue weighted by Gasteiger charge is 2.30. The van der Waals surface area contributed by atoms with Gasteiger partial charge < -0.3 is 10.1 Å². The fourth-order valence-electron chi connectivity index (χ4n) is 3.20. The van der Waals surface area contributed by atoms with E-state index in [9.17, 15) is 13.2 Å². The van der Waals surface area contributed by atoms with Crippen LogP contribution in [-0.4, -0.2) is 39.3 Å². The molecule has 0 aliphatic carbocycles. The molecule has 1 atom stereocenters. The minimum Gasteiger partial charge on any atom is -0.481 e. The Morgan fingerprint density at radius 1 is 1.15 bits per heavy atom. The third-order valence-corrected chi connectivity index (χ3v) is 5.28. The van der Waals surface area contributed by atoms with Crippen LogP contribution in [0.15, 0.2) is 24.3 Å². The lowest BCUT2D eigenvalue weighted by atomic mass is 9.81. The molecular weight excluding hydrogens is 364 g/mol. The van der Waals surface area contributed by atoms with E-state index in [4.69, 9.17) is 4.74 Å². The van der Waals surface area contributed by atoms with Gasteiger partial charge in [-0.2, -0.15) is 0 Å². The Morgan fingerprint density at radius 3 is 2.07 bits per heavy atom. The first-order valence-corrected chi connectivity index (χ1v) is 11.0. The van der Waals surface area contributed by atoms with Gasteiger partial charge in [0.2, 0.25) is 10.0 Å². The first-order valence-electron chi connectivity index (χ1n) is 9.17. The second-order valence-corrected chi connectivity index (χ2v) is 10.9. The molecule has 27 heavy (non-hydrogen) atoms. The van der Waals surface area contributed by atoms with E-state index < -0.39 is 16.1 Å². The van der Waals surface area contributed by atoms with Crippen molar-refractivity contribution in [3.05, 3.63) is 24.3 Å². The van der Waals surface area contributed by atoms with Crippen LogP contribution in [0.3, 0.4) is 0 Å². The molecule has 0 aliphatic rings. The van der Waals surface area contributed by atoms with E-state index in [-0.39, 0.29) is 16.9 Å². The number of hydrogen-bond donors (Lipinski definition) is 1. The quantitative estimate of drug-likeness (QED) is 0.726. The molecule has 1 rings (SSSR count). The van der Waals surface area contributed by atoms with Gasteiger partial charge in [-0.15, -0.1) is 0 Å². The van der Waals surface area contributed by atoms with Crippen molar-refractivity contribution in [1.29, 1.82) is 0 Å². The molecule has 1 amide bonds. The zero-order valence-electron chi connectivity index (χ0n) is 17.8. The fourth-order valence-corrected chi connectivity index (χ4v) is 3.70. The van der Waals surface area contributed by atoms with Crippen LogP contribution < -0.4 is 14.4 Å². The first kappa shape index (κ1) is 23.3. The average molecular weight is 399 g/mol. The molecule has 6 nitrogen and oxygen atoms in total. The summed E-state index contributed by atoms with van der Waals surface area (Å²) in [5, 5.41) is 3.08. The van der Waals surface area contributed by atoms with Gasteiger partial charge in [-0.1, -0.05) is 27.7 Å². The highest BCUT2D eigenvalue weighted by Crippen LogP contribution is 2.27. The molecule has 0 aliphatic heterocycles. The van der Waals surface area contributed by atoms with Gasteiger partial charge in [-0.3, -0.25) is 9.10 Å².